The van der Waals surface area contributed by atoms with Gasteiger partial charge >= 0.3 is 0 Å². The van der Waals surface area contributed by atoms with Crippen LogP contribution in [0.3, 0.4) is 0 Å². The number of benzene rings is 1. The summed E-state index contributed by atoms with van der Waals surface area (Å²) in [6.45, 7) is 0. The first-order valence-corrected chi connectivity index (χ1v) is 5.61. The van der Waals surface area contributed by atoms with Gasteiger partial charge in [-0.25, -0.2) is 14.6 Å². The maximum Gasteiger partial charge on any atom is 0.266 e. The van der Waals surface area contributed by atoms with Gasteiger partial charge in [0, 0.05) is 18.8 Å². The number of aryl methyl sites for hydroxylation is 1. The van der Waals surface area contributed by atoms with Crippen LogP contribution >= 0.6 is 0 Å². The first kappa shape index (κ1) is 13.9. The Labute approximate surface area is 112 Å². The number of halogens is 2. The smallest absolute Gasteiger partial charge is 0.266 e. The Kier molecular flexibility index (Phi) is 3.62. The van der Waals surface area contributed by atoms with Gasteiger partial charge in [0.05, 0.1) is 5.56 Å². The summed E-state index contributed by atoms with van der Waals surface area (Å²) in [5.74, 6) is 2.35. The van der Waals surface area contributed by atoms with Crippen molar-refractivity contribution in [3.8, 4) is 11.1 Å². The van der Waals surface area contributed by atoms with E-state index < -0.39 is 23.1 Å². The van der Waals surface area contributed by atoms with Gasteiger partial charge in [0.2, 0.25) is 0 Å². The minimum Gasteiger partial charge on any atom is -0.317 e. The molecule has 0 fully saturated rings. The summed E-state index contributed by atoms with van der Waals surface area (Å²) in [7, 11) is 1.44. The van der Waals surface area contributed by atoms with Crippen LogP contribution < -0.4 is 16.8 Å². The standard InChI is InChI=1S/C13H11F2N3O2/c1-18-6-8(12(19)17-16)4-9(13(18)20)7-2-3-10(14)11(15)5-7/h2-6H,16H2,1H3,(H,17,19). The molecule has 0 aliphatic rings. The highest BCUT2D eigenvalue weighted by Crippen LogP contribution is 2.19. The number of carbonyl (C=O) groups is 1. The SMILES string of the molecule is Cn1cc(C(=O)NN)cc(-c2ccc(F)c(F)c2)c1=O. The molecule has 1 amide bonds. The van der Waals surface area contributed by atoms with Crippen LogP contribution in [0.4, 0.5) is 8.78 Å². The van der Waals surface area contributed by atoms with Crippen molar-refractivity contribution in [2.75, 3.05) is 0 Å². The van der Waals surface area contributed by atoms with Crippen LogP contribution in [0.5, 0.6) is 0 Å². The Morgan fingerprint density at radius 1 is 1.25 bits per heavy atom. The fraction of sp³-hybridized carbons (Fsp3) is 0.0769. The van der Waals surface area contributed by atoms with Crippen LogP contribution in [0.2, 0.25) is 0 Å². The van der Waals surface area contributed by atoms with E-state index in [1.54, 1.807) is 0 Å². The topological polar surface area (TPSA) is 77.1 Å². The van der Waals surface area contributed by atoms with Crippen LogP contribution in [-0.2, 0) is 7.05 Å². The van der Waals surface area contributed by atoms with Gasteiger partial charge in [-0.05, 0) is 23.8 Å². The molecular formula is C13H11F2N3O2. The Bertz CT molecular complexity index is 741. The lowest BCUT2D eigenvalue weighted by molar-refractivity contribution is 0.0953. The number of nitrogen functional groups attached to an aromatic ring is 1. The molecule has 0 aliphatic carbocycles. The monoisotopic (exact) mass is 279 g/mol. The zero-order valence-electron chi connectivity index (χ0n) is 10.5. The second-order valence-corrected chi connectivity index (χ2v) is 4.16. The summed E-state index contributed by atoms with van der Waals surface area (Å²) in [5.41, 5.74) is 1.89. The van der Waals surface area contributed by atoms with Crippen molar-refractivity contribution in [2.45, 2.75) is 0 Å². The summed E-state index contributed by atoms with van der Waals surface area (Å²) in [6, 6.07) is 4.35. The average molecular weight is 279 g/mol. The van der Waals surface area contributed by atoms with Gasteiger partial charge in [-0.15, -0.1) is 0 Å². The van der Waals surface area contributed by atoms with E-state index in [4.69, 9.17) is 5.84 Å². The fourth-order valence-electron chi connectivity index (χ4n) is 1.79. The Hall–Kier alpha value is -2.54. The summed E-state index contributed by atoms with van der Waals surface area (Å²) in [5, 5.41) is 0. The largest absolute Gasteiger partial charge is 0.317 e. The molecule has 1 aromatic carbocycles. The van der Waals surface area contributed by atoms with E-state index in [9.17, 15) is 18.4 Å². The van der Waals surface area contributed by atoms with Crippen LogP contribution in [0.1, 0.15) is 10.4 Å². The van der Waals surface area contributed by atoms with Crippen molar-refractivity contribution in [1.29, 1.82) is 0 Å². The van der Waals surface area contributed by atoms with Crippen molar-refractivity contribution in [2.24, 2.45) is 12.9 Å². The number of hydrogen-bond donors (Lipinski definition) is 2. The molecule has 5 nitrogen and oxygen atoms in total. The molecule has 0 atom stereocenters. The predicted molar refractivity (Wildman–Crippen MR) is 68.7 cm³/mol. The fourth-order valence-corrected chi connectivity index (χ4v) is 1.79. The quantitative estimate of drug-likeness (QED) is 0.488. The second kappa shape index (κ2) is 5.22. The number of pyridine rings is 1. The number of hydrazine groups is 1. The number of aromatic nitrogens is 1. The van der Waals surface area contributed by atoms with E-state index in [0.29, 0.717) is 0 Å². The van der Waals surface area contributed by atoms with E-state index in [0.717, 1.165) is 12.1 Å². The number of nitrogens with two attached hydrogens (primary N) is 1. The maximum absolute atomic E-state index is 13.2. The Morgan fingerprint density at radius 3 is 2.55 bits per heavy atom. The molecule has 0 bridgehead atoms. The van der Waals surface area contributed by atoms with Crippen LogP contribution in [0.15, 0.2) is 35.3 Å². The van der Waals surface area contributed by atoms with Gasteiger partial charge < -0.3 is 4.57 Å². The van der Waals surface area contributed by atoms with Gasteiger partial charge in [0.15, 0.2) is 11.6 Å². The van der Waals surface area contributed by atoms with Gasteiger partial charge in [0.25, 0.3) is 11.5 Å². The third kappa shape index (κ3) is 2.43. The lowest BCUT2D eigenvalue weighted by atomic mass is 10.0. The molecule has 0 saturated carbocycles. The van der Waals surface area contributed by atoms with E-state index in [2.05, 4.69) is 0 Å². The molecule has 0 saturated heterocycles. The number of carbonyl (C=O) groups excluding carboxylic acids is 1. The summed E-state index contributed by atoms with van der Waals surface area (Å²) in [4.78, 5) is 23.5. The molecule has 1 heterocycles. The minimum atomic E-state index is -1.07. The lowest BCUT2D eigenvalue weighted by Gasteiger charge is -2.08. The van der Waals surface area contributed by atoms with Crippen molar-refractivity contribution in [1.82, 2.24) is 9.99 Å². The molecule has 1 aromatic heterocycles. The highest BCUT2D eigenvalue weighted by molar-refractivity contribution is 5.94. The Morgan fingerprint density at radius 2 is 1.95 bits per heavy atom. The molecule has 2 rings (SSSR count). The van der Waals surface area contributed by atoms with Gasteiger partial charge in [0.1, 0.15) is 0 Å². The summed E-state index contributed by atoms with van der Waals surface area (Å²) >= 11 is 0. The lowest BCUT2D eigenvalue weighted by Crippen LogP contribution is -2.31. The number of nitrogens with zero attached hydrogens (tertiary/aromatic N) is 1. The minimum absolute atomic E-state index is 0.0764. The molecule has 2 aromatic rings. The third-order valence-electron chi connectivity index (χ3n) is 2.81. The molecule has 0 aliphatic heterocycles. The Balaban J connectivity index is 2.66. The van der Waals surface area contributed by atoms with Crippen LogP contribution in [-0.4, -0.2) is 10.5 Å². The zero-order chi connectivity index (χ0) is 14.9. The van der Waals surface area contributed by atoms with Crippen LogP contribution in [0, 0.1) is 11.6 Å². The van der Waals surface area contributed by atoms with E-state index in [1.165, 1.54) is 29.9 Å². The summed E-state index contributed by atoms with van der Waals surface area (Å²) in [6.07, 6.45) is 1.30. The maximum atomic E-state index is 13.2. The first-order chi connectivity index (χ1) is 9.43. The third-order valence-corrected chi connectivity index (χ3v) is 2.81. The van der Waals surface area contributed by atoms with E-state index >= 15 is 0 Å². The van der Waals surface area contributed by atoms with Gasteiger partial charge in [-0.3, -0.25) is 15.0 Å². The van der Waals surface area contributed by atoms with E-state index in [-0.39, 0.29) is 16.7 Å². The molecule has 0 radical (unpaired) electrons. The molecular weight excluding hydrogens is 268 g/mol. The van der Waals surface area contributed by atoms with Crippen molar-refractivity contribution in [3.05, 3.63) is 58.0 Å². The predicted octanol–water partition coefficient (Wildman–Crippen LogP) is 0.934. The van der Waals surface area contributed by atoms with Crippen molar-refractivity contribution < 1.29 is 13.6 Å². The molecule has 0 spiro atoms. The summed E-state index contributed by atoms with van der Waals surface area (Å²) < 4.78 is 27.3. The molecule has 0 unspecified atom stereocenters. The van der Waals surface area contributed by atoms with Crippen molar-refractivity contribution in [3.63, 3.8) is 0 Å². The number of amides is 1. The van der Waals surface area contributed by atoms with E-state index in [1.807, 2.05) is 5.43 Å². The highest BCUT2D eigenvalue weighted by Gasteiger charge is 2.13. The second-order valence-electron chi connectivity index (χ2n) is 4.16. The van der Waals surface area contributed by atoms with Crippen molar-refractivity contribution >= 4 is 5.91 Å². The first-order valence-electron chi connectivity index (χ1n) is 5.61. The van der Waals surface area contributed by atoms with Gasteiger partial charge in [-0.2, -0.15) is 0 Å². The molecule has 3 N–H and O–H groups in total. The van der Waals surface area contributed by atoms with Gasteiger partial charge in [-0.1, -0.05) is 6.07 Å². The number of hydrogen-bond acceptors (Lipinski definition) is 3. The molecule has 7 heteroatoms. The highest BCUT2D eigenvalue weighted by atomic mass is 19.2. The molecule has 20 heavy (non-hydrogen) atoms. The zero-order valence-corrected chi connectivity index (χ0v) is 10.5. The average Bonchev–Trinajstić information content (AvgIpc) is 2.44. The van der Waals surface area contributed by atoms with Crippen LogP contribution in [0.25, 0.3) is 11.1 Å². The normalized spacial score (nSPS) is 10.4. The number of rotatable bonds is 2. The molecule has 104 valence electrons. The number of nitrogens with one attached hydrogen (secondary N) is 1.